The van der Waals surface area contributed by atoms with Crippen molar-refractivity contribution in [1.82, 2.24) is 4.31 Å². The van der Waals surface area contributed by atoms with Crippen molar-refractivity contribution in [2.45, 2.75) is 31.9 Å². The molecule has 1 aliphatic rings. The molecule has 18 heavy (non-hydrogen) atoms. The van der Waals surface area contributed by atoms with Crippen LogP contribution in [0.15, 0.2) is 0 Å². The molecule has 0 saturated carbocycles. The van der Waals surface area contributed by atoms with Crippen molar-refractivity contribution in [3.8, 4) is 0 Å². The highest BCUT2D eigenvalue weighted by atomic mass is 35.5. The van der Waals surface area contributed by atoms with Crippen molar-refractivity contribution >= 4 is 21.6 Å². The summed E-state index contributed by atoms with van der Waals surface area (Å²) in [6, 6.07) is 0. The maximum Gasteiger partial charge on any atom is 0.389 e. The van der Waals surface area contributed by atoms with E-state index in [4.69, 9.17) is 11.6 Å². The maximum absolute atomic E-state index is 12.0. The molecular formula is C10H17ClF3NO2S. The molecule has 1 saturated heterocycles. The van der Waals surface area contributed by atoms with E-state index in [0.717, 1.165) is 12.8 Å². The van der Waals surface area contributed by atoms with Crippen molar-refractivity contribution in [3.05, 3.63) is 0 Å². The molecule has 1 unspecified atom stereocenters. The monoisotopic (exact) mass is 307 g/mol. The zero-order valence-electron chi connectivity index (χ0n) is 9.92. The van der Waals surface area contributed by atoms with Crippen LogP contribution in [0, 0.1) is 5.92 Å². The summed E-state index contributed by atoms with van der Waals surface area (Å²) in [5, 5.41) is 0. The number of rotatable bonds is 5. The van der Waals surface area contributed by atoms with Crippen molar-refractivity contribution in [2.24, 2.45) is 5.92 Å². The Balaban J connectivity index is 2.47. The largest absolute Gasteiger partial charge is 0.389 e. The minimum absolute atomic E-state index is 0.109. The normalized spacial score (nSPS) is 23.2. The zero-order valence-corrected chi connectivity index (χ0v) is 11.5. The van der Waals surface area contributed by atoms with Crippen LogP contribution in [-0.4, -0.2) is 43.6 Å². The second-order valence-electron chi connectivity index (χ2n) is 4.56. The number of hydrogen-bond donors (Lipinski definition) is 0. The van der Waals surface area contributed by atoms with Gasteiger partial charge in [-0.3, -0.25) is 0 Å². The van der Waals surface area contributed by atoms with Crippen molar-refractivity contribution < 1.29 is 21.6 Å². The van der Waals surface area contributed by atoms with E-state index in [1.807, 2.05) is 0 Å². The number of nitrogens with zero attached hydrogens (tertiary/aromatic N) is 1. The molecule has 0 aromatic carbocycles. The van der Waals surface area contributed by atoms with Crippen LogP contribution < -0.4 is 0 Å². The quantitative estimate of drug-likeness (QED) is 0.732. The molecule has 0 radical (unpaired) electrons. The van der Waals surface area contributed by atoms with Gasteiger partial charge in [0.05, 0.1) is 5.75 Å². The maximum atomic E-state index is 12.0. The van der Waals surface area contributed by atoms with E-state index in [0.29, 0.717) is 19.0 Å². The highest BCUT2D eigenvalue weighted by molar-refractivity contribution is 7.89. The van der Waals surface area contributed by atoms with E-state index in [2.05, 4.69) is 0 Å². The van der Waals surface area contributed by atoms with Gasteiger partial charge in [-0.2, -0.15) is 13.2 Å². The fraction of sp³-hybridized carbons (Fsp3) is 1.00. The van der Waals surface area contributed by atoms with Crippen LogP contribution in [0.5, 0.6) is 0 Å². The highest BCUT2D eigenvalue weighted by Gasteiger charge is 2.31. The lowest BCUT2D eigenvalue weighted by Gasteiger charge is -2.30. The van der Waals surface area contributed by atoms with Crippen molar-refractivity contribution in [1.29, 1.82) is 0 Å². The van der Waals surface area contributed by atoms with E-state index in [1.165, 1.54) is 4.31 Å². The first-order valence-electron chi connectivity index (χ1n) is 5.85. The standard InChI is InChI=1S/C10H17ClF3NO2S/c11-7-9-3-1-5-15(8-9)18(16,17)6-2-4-10(12,13)14/h9H,1-8H2. The van der Waals surface area contributed by atoms with Crippen LogP contribution in [0.4, 0.5) is 13.2 Å². The molecule has 0 spiro atoms. The van der Waals surface area contributed by atoms with E-state index < -0.39 is 28.4 Å². The second-order valence-corrected chi connectivity index (χ2v) is 6.95. The number of alkyl halides is 4. The Hall–Kier alpha value is -0.0100. The predicted octanol–water partition coefficient (Wildman–Crippen LogP) is 2.61. The molecule has 1 fully saturated rings. The topological polar surface area (TPSA) is 37.4 Å². The average Bonchev–Trinajstić information content (AvgIpc) is 2.27. The fourth-order valence-corrected chi connectivity index (χ4v) is 3.85. The summed E-state index contributed by atoms with van der Waals surface area (Å²) in [5.41, 5.74) is 0. The minimum Gasteiger partial charge on any atom is -0.212 e. The Labute approximate surface area is 110 Å². The molecule has 0 aromatic heterocycles. The highest BCUT2D eigenvalue weighted by Crippen LogP contribution is 2.24. The molecule has 1 atom stereocenters. The summed E-state index contributed by atoms with van der Waals surface area (Å²) in [6.07, 6.45) is -4.14. The van der Waals surface area contributed by atoms with Gasteiger partial charge in [0.15, 0.2) is 0 Å². The Morgan fingerprint density at radius 2 is 2.00 bits per heavy atom. The summed E-state index contributed by atoms with van der Waals surface area (Å²) in [7, 11) is -3.57. The summed E-state index contributed by atoms with van der Waals surface area (Å²) in [5.74, 6) is 0.0496. The first-order valence-corrected chi connectivity index (χ1v) is 7.99. The van der Waals surface area contributed by atoms with Crippen LogP contribution in [0.2, 0.25) is 0 Å². The summed E-state index contributed by atoms with van der Waals surface area (Å²) >= 11 is 5.69. The molecule has 0 aliphatic carbocycles. The SMILES string of the molecule is O=S(=O)(CCCC(F)(F)F)N1CCCC(CCl)C1. The number of piperidine rings is 1. The molecule has 0 bridgehead atoms. The molecule has 0 amide bonds. The van der Waals surface area contributed by atoms with Crippen molar-refractivity contribution in [3.63, 3.8) is 0 Å². The summed E-state index contributed by atoms with van der Waals surface area (Å²) in [6.45, 7) is 0.722. The van der Waals surface area contributed by atoms with Gasteiger partial charge in [-0.1, -0.05) is 0 Å². The Kier molecular flexibility index (Phi) is 5.73. The molecule has 108 valence electrons. The van der Waals surface area contributed by atoms with E-state index in [1.54, 1.807) is 0 Å². The van der Waals surface area contributed by atoms with Gasteiger partial charge in [-0.05, 0) is 25.2 Å². The molecule has 1 heterocycles. The van der Waals surface area contributed by atoms with Gasteiger partial charge in [0, 0.05) is 25.4 Å². The molecule has 0 aromatic rings. The van der Waals surface area contributed by atoms with Gasteiger partial charge < -0.3 is 0 Å². The molecule has 1 aliphatic heterocycles. The van der Waals surface area contributed by atoms with Crippen LogP contribution in [0.1, 0.15) is 25.7 Å². The van der Waals surface area contributed by atoms with Gasteiger partial charge in [0.2, 0.25) is 10.0 Å². The molecular weight excluding hydrogens is 291 g/mol. The lowest BCUT2D eigenvalue weighted by atomic mass is 10.0. The number of hydrogen-bond acceptors (Lipinski definition) is 2. The van der Waals surface area contributed by atoms with Gasteiger partial charge >= 0.3 is 6.18 Å². The smallest absolute Gasteiger partial charge is 0.212 e. The fourth-order valence-electron chi connectivity index (χ4n) is 1.99. The van der Waals surface area contributed by atoms with Gasteiger partial charge in [-0.15, -0.1) is 11.6 Å². The molecule has 8 heteroatoms. The first kappa shape index (κ1) is 16.0. The third kappa shape index (κ3) is 5.32. The van der Waals surface area contributed by atoms with E-state index >= 15 is 0 Å². The third-order valence-corrected chi connectivity index (χ3v) is 5.32. The Bertz CT molecular complexity index is 359. The Morgan fingerprint density at radius 3 is 2.56 bits per heavy atom. The lowest BCUT2D eigenvalue weighted by molar-refractivity contribution is -0.134. The average molecular weight is 308 g/mol. The third-order valence-electron chi connectivity index (χ3n) is 2.96. The summed E-state index contributed by atoms with van der Waals surface area (Å²) in [4.78, 5) is 0. The minimum atomic E-state index is -4.30. The van der Waals surface area contributed by atoms with Gasteiger partial charge in [0.1, 0.15) is 0 Å². The van der Waals surface area contributed by atoms with Gasteiger partial charge in [0.25, 0.3) is 0 Å². The predicted molar refractivity (Wildman–Crippen MR) is 64.1 cm³/mol. The zero-order chi connectivity index (χ0) is 13.8. The number of sulfonamides is 1. The Morgan fingerprint density at radius 1 is 1.33 bits per heavy atom. The molecule has 1 rings (SSSR count). The van der Waals surface area contributed by atoms with Crippen LogP contribution in [-0.2, 0) is 10.0 Å². The lowest BCUT2D eigenvalue weighted by Crippen LogP contribution is -2.41. The van der Waals surface area contributed by atoms with Crippen molar-refractivity contribution in [2.75, 3.05) is 24.7 Å². The summed E-state index contributed by atoms with van der Waals surface area (Å²) < 4.78 is 60.9. The van der Waals surface area contributed by atoms with E-state index in [-0.39, 0.29) is 12.3 Å². The number of halogens is 4. The second kappa shape index (κ2) is 6.43. The van der Waals surface area contributed by atoms with Crippen LogP contribution in [0.25, 0.3) is 0 Å². The molecule has 3 nitrogen and oxygen atoms in total. The first-order chi connectivity index (χ1) is 8.24. The van der Waals surface area contributed by atoms with E-state index in [9.17, 15) is 21.6 Å². The molecule has 0 N–H and O–H groups in total. The van der Waals surface area contributed by atoms with Gasteiger partial charge in [-0.25, -0.2) is 12.7 Å². The van der Waals surface area contributed by atoms with Crippen LogP contribution >= 0.6 is 11.6 Å². The van der Waals surface area contributed by atoms with Crippen LogP contribution in [0.3, 0.4) is 0 Å².